The summed E-state index contributed by atoms with van der Waals surface area (Å²) in [5.74, 6) is -0.248. The van der Waals surface area contributed by atoms with Gasteiger partial charge in [0, 0.05) is 30.1 Å². The molecule has 0 aliphatic carbocycles. The van der Waals surface area contributed by atoms with Gasteiger partial charge in [-0.05, 0) is 41.3 Å². The molecule has 3 amide bonds. The second-order valence-corrected chi connectivity index (χ2v) is 8.78. The van der Waals surface area contributed by atoms with E-state index in [9.17, 15) is 14.4 Å². The van der Waals surface area contributed by atoms with Crippen molar-refractivity contribution in [3.8, 4) is 5.75 Å². The summed E-state index contributed by atoms with van der Waals surface area (Å²) < 4.78 is 5.55. The number of benzene rings is 2. The van der Waals surface area contributed by atoms with Gasteiger partial charge in [-0.1, -0.05) is 36.4 Å². The van der Waals surface area contributed by atoms with Crippen LogP contribution in [-0.2, 0) is 27.5 Å². The molecule has 2 N–H and O–H groups in total. The Hall–Kier alpha value is -3.65. The highest BCUT2D eigenvalue weighted by Crippen LogP contribution is 2.27. The third-order valence-corrected chi connectivity index (χ3v) is 6.24. The van der Waals surface area contributed by atoms with Crippen LogP contribution in [0, 0.1) is 5.92 Å². The molecule has 8 heteroatoms. The average Bonchev–Trinajstić information content (AvgIpc) is 3.51. The predicted octanol–water partition coefficient (Wildman–Crippen LogP) is 3.11. The molecule has 33 heavy (non-hydrogen) atoms. The van der Waals surface area contributed by atoms with Gasteiger partial charge < -0.3 is 20.3 Å². The molecule has 2 heterocycles. The number of thiophene rings is 1. The van der Waals surface area contributed by atoms with Crippen molar-refractivity contribution < 1.29 is 19.1 Å². The molecule has 4 rings (SSSR count). The fraction of sp³-hybridized carbons (Fsp3) is 0.240. The standard InChI is InChI=1S/C25H25N3O4S/c29-23(26-14-18-5-2-1-3-6-18)17-32-21-10-8-20(9-11-21)28-16-19(13-24(28)30)25(31)27-15-22-7-4-12-33-22/h1-12,19H,13-17H2,(H,26,29)(H,27,31)/t19-/m1/s1. The number of carbonyl (C=O) groups excluding carboxylic acids is 3. The Morgan fingerprint density at radius 2 is 1.76 bits per heavy atom. The van der Waals surface area contributed by atoms with Crippen LogP contribution in [0.2, 0.25) is 0 Å². The van der Waals surface area contributed by atoms with Crippen LogP contribution in [0.1, 0.15) is 16.9 Å². The van der Waals surface area contributed by atoms with Gasteiger partial charge in [-0.3, -0.25) is 14.4 Å². The third kappa shape index (κ3) is 6.20. The van der Waals surface area contributed by atoms with E-state index in [1.165, 1.54) is 0 Å². The second kappa shape index (κ2) is 10.8. The van der Waals surface area contributed by atoms with Gasteiger partial charge in [0.1, 0.15) is 5.75 Å². The zero-order valence-electron chi connectivity index (χ0n) is 18.0. The van der Waals surface area contributed by atoms with Crippen LogP contribution in [0.3, 0.4) is 0 Å². The van der Waals surface area contributed by atoms with Gasteiger partial charge in [0.05, 0.1) is 12.5 Å². The molecule has 0 bridgehead atoms. The Morgan fingerprint density at radius 1 is 0.970 bits per heavy atom. The van der Waals surface area contributed by atoms with Gasteiger partial charge >= 0.3 is 0 Å². The molecule has 0 spiro atoms. The van der Waals surface area contributed by atoms with Crippen molar-refractivity contribution in [1.29, 1.82) is 0 Å². The average molecular weight is 464 g/mol. The lowest BCUT2D eigenvalue weighted by atomic mass is 10.1. The number of nitrogens with one attached hydrogen (secondary N) is 2. The van der Waals surface area contributed by atoms with E-state index in [-0.39, 0.29) is 36.7 Å². The molecule has 0 radical (unpaired) electrons. The lowest BCUT2D eigenvalue weighted by Crippen LogP contribution is -2.32. The summed E-state index contributed by atoms with van der Waals surface area (Å²) in [6.45, 7) is 1.17. The molecule has 7 nitrogen and oxygen atoms in total. The first-order valence-electron chi connectivity index (χ1n) is 10.7. The summed E-state index contributed by atoms with van der Waals surface area (Å²) in [4.78, 5) is 39.6. The van der Waals surface area contributed by atoms with E-state index in [1.807, 2.05) is 47.8 Å². The second-order valence-electron chi connectivity index (χ2n) is 7.75. The molecule has 1 aliphatic rings. The molecule has 170 valence electrons. The van der Waals surface area contributed by atoms with Crippen LogP contribution >= 0.6 is 11.3 Å². The first-order valence-corrected chi connectivity index (χ1v) is 11.6. The zero-order valence-corrected chi connectivity index (χ0v) is 18.8. The Bertz CT molecular complexity index is 1080. The fourth-order valence-corrected chi connectivity index (χ4v) is 4.23. The number of rotatable bonds is 9. The minimum absolute atomic E-state index is 0.0831. The molecular formula is C25H25N3O4S. The maximum atomic E-state index is 12.5. The van der Waals surface area contributed by atoms with Crippen molar-refractivity contribution in [2.45, 2.75) is 19.5 Å². The van der Waals surface area contributed by atoms with Crippen molar-refractivity contribution in [3.63, 3.8) is 0 Å². The van der Waals surface area contributed by atoms with Crippen LogP contribution in [0.15, 0.2) is 72.1 Å². The first-order chi connectivity index (χ1) is 16.1. The normalized spacial score (nSPS) is 15.3. The van der Waals surface area contributed by atoms with Crippen LogP contribution in [0.4, 0.5) is 5.69 Å². The van der Waals surface area contributed by atoms with Gasteiger partial charge in [0.25, 0.3) is 5.91 Å². The minimum Gasteiger partial charge on any atom is -0.484 e. The maximum Gasteiger partial charge on any atom is 0.258 e. The fourth-order valence-electron chi connectivity index (χ4n) is 3.58. The summed E-state index contributed by atoms with van der Waals surface area (Å²) >= 11 is 1.58. The number of carbonyl (C=O) groups is 3. The molecule has 1 aliphatic heterocycles. The number of hydrogen-bond donors (Lipinski definition) is 2. The van der Waals surface area contributed by atoms with Crippen LogP contribution < -0.4 is 20.3 Å². The highest BCUT2D eigenvalue weighted by Gasteiger charge is 2.35. The summed E-state index contributed by atoms with van der Waals surface area (Å²) in [5.41, 5.74) is 1.72. The molecule has 1 saturated heterocycles. The molecular weight excluding hydrogens is 438 g/mol. The Labute approximate surface area is 196 Å². The smallest absolute Gasteiger partial charge is 0.258 e. The van der Waals surface area contributed by atoms with E-state index in [1.54, 1.807) is 40.5 Å². The van der Waals surface area contributed by atoms with Gasteiger partial charge in [-0.25, -0.2) is 0 Å². The van der Waals surface area contributed by atoms with Crippen molar-refractivity contribution >= 4 is 34.7 Å². The third-order valence-electron chi connectivity index (χ3n) is 5.36. The SMILES string of the molecule is O=C(COc1ccc(N2C[C@H](C(=O)NCc3cccs3)CC2=O)cc1)NCc1ccccc1. The van der Waals surface area contributed by atoms with Gasteiger partial charge in [0.2, 0.25) is 11.8 Å². The van der Waals surface area contributed by atoms with Gasteiger partial charge in [0.15, 0.2) is 6.61 Å². The van der Waals surface area contributed by atoms with E-state index in [0.29, 0.717) is 31.1 Å². The number of hydrogen-bond acceptors (Lipinski definition) is 5. The summed E-state index contributed by atoms with van der Waals surface area (Å²) in [6.07, 6.45) is 0.191. The van der Waals surface area contributed by atoms with E-state index in [4.69, 9.17) is 4.74 Å². The highest BCUT2D eigenvalue weighted by atomic mass is 32.1. The van der Waals surface area contributed by atoms with E-state index in [0.717, 1.165) is 10.4 Å². The van der Waals surface area contributed by atoms with Gasteiger partial charge in [-0.2, -0.15) is 0 Å². The Kier molecular flexibility index (Phi) is 7.36. The molecule has 1 atom stereocenters. The number of nitrogens with zero attached hydrogens (tertiary/aromatic N) is 1. The van der Waals surface area contributed by atoms with Crippen LogP contribution in [0.5, 0.6) is 5.75 Å². The molecule has 1 fully saturated rings. The van der Waals surface area contributed by atoms with Crippen molar-refractivity contribution in [1.82, 2.24) is 10.6 Å². The van der Waals surface area contributed by atoms with Gasteiger partial charge in [-0.15, -0.1) is 11.3 Å². The van der Waals surface area contributed by atoms with E-state index in [2.05, 4.69) is 10.6 Å². The van der Waals surface area contributed by atoms with E-state index < -0.39 is 0 Å². The highest BCUT2D eigenvalue weighted by molar-refractivity contribution is 7.09. The monoisotopic (exact) mass is 463 g/mol. The molecule has 0 unspecified atom stereocenters. The zero-order chi connectivity index (χ0) is 23.0. The molecule has 1 aromatic heterocycles. The summed E-state index contributed by atoms with van der Waals surface area (Å²) in [7, 11) is 0. The van der Waals surface area contributed by atoms with Crippen molar-refractivity contribution in [2.24, 2.45) is 5.92 Å². The topological polar surface area (TPSA) is 87.7 Å². The number of ether oxygens (including phenoxy) is 1. The minimum atomic E-state index is -0.373. The van der Waals surface area contributed by atoms with Crippen LogP contribution in [-0.4, -0.2) is 30.9 Å². The Morgan fingerprint density at radius 3 is 2.48 bits per heavy atom. The largest absolute Gasteiger partial charge is 0.484 e. The number of amides is 3. The van der Waals surface area contributed by atoms with Crippen molar-refractivity contribution in [3.05, 3.63) is 82.6 Å². The Balaban J connectivity index is 1.24. The molecule has 0 saturated carbocycles. The van der Waals surface area contributed by atoms with E-state index >= 15 is 0 Å². The lowest BCUT2D eigenvalue weighted by Gasteiger charge is -2.17. The molecule has 3 aromatic rings. The quantitative estimate of drug-likeness (QED) is 0.511. The first kappa shape index (κ1) is 22.5. The number of anilines is 1. The van der Waals surface area contributed by atoms with Crippen molar-refractivity contribution in [2.75, 3.05) is 18.1 Å². The lowest BCUT2D eigenvalue weighted by molar-refractivity contribution is -0.126. The summed E-state index contributed by atoms with van der Waals surface area (Å²) in [5, 5.41) is 7.69. The summed E-state index contributed by atoms with van der Waals surface area (Å²) in [6, 6.07) is 20.5. The molecule has 2 aromatic carbocycles. The van der Waals surface area contributed by atoms with Crippen LogP contribution in [0.25, 0.3) is 0 Å². The maximum absolute atomic E-state index is 12.5. The predicted molar refractivity (Wildman–Crippen MR) is 127 cm³/mol.